The van der Waals surface area contributed by atoms with Gasteiger partial charge in [-0.1, -0.05) is 11.8 Å². The number of nitrogens with one attached hydrogen (secondary N) is 3. The number of amides is 1. The number of hydrogen-bond acceptors (Lipinski definition) is 8. The van der Waals surface area contributed by atoms with Crippen molar-refractivity contribution in [2.45, 2.75) is 5.03 Å². The van der Waals surface area contributed by atoms with Crippen molar-refractivity contribution in [3.63, 3.8) is 0 Å². The third-order valence-corrected chi connectivity index (χ3v) is 4.53. The standard InChI is InChI=1S/C13H12BrN5O5S/c1-24-7-3-2-6(9(14)10(7)21)4-15-17-8(20)5-25-12-11(22)16-13(23)19-18-12/h2-4,21H,5H2,1H3,(H,17,20)(H2,16,19,22,23)/b15-4+. The zero-order valence-corrected chi connectivity index (χ0v) is 15.1. The van der Waals surface area contributed by atoms with E-state index in [2.05, 4.69) is 36.7 Å². The summed E-state index contributed by atoms with van der Waals surface area (Å²) >= 11 is 4.04. The number of benzene rings is 1. The Morgan fingerprint density at radius 3 is 2.96 bits per heavy atom. The monoisotopic (exact) mass is 429 g/mol. The number of phenolic OH excluding ortho intramolecular Hbond substituents is 1. The molecule has 25 heavy (non-hydrogen) atoms. The summed E-state index contributed by atoms with van der Waals surface area (Å²) in [6.45, 7) is 0. The lowest BCUT2D eigenvalue weighted by Crippen LogP contribution is -2.26. The van der Waals surface area contributed by atoms with Gasteiger partial charge >= 0.3 is 5.69 Å². The van der Waals surface area contributed by atoms with Crippen LogP contribution < -0.4 is 21.4 Å². The number of H-pyrrole nitrogens is 2. The molecule has 1 heterocycles. The largest absolute Gasteiger partial charge is 0.503 e. The Morgan fingerprint density at radius 2 is 2.28 bits per heavy atom. The number of carbonyl (C=O) groups is 1. The molecule has 0 bridgehead atoms. The van der Waals surface area contributed by atoms with E-state index in [1.807, 2.05) is 4.98 Å². The molecule has 1 aromatic carbocycles. The van der Waals surface area contributed by atoms with E-state index in [9.17, 15) is 19.5 Å². The molecule has 12 heteroatoms. The lowest BCUT2D eigenvalue weighted by Gasteiger charge is -2.06. The molecule has 0 aliphatic carbocycles. The average molecular weight is 430 g/mol. The number of carbonyl (C=O) groups excluding carboxylic acids is 1. The van der Waals surface area contributed by atoms with Gasteiger partial charge in [-0.25, -0.2) is 15.3 Å². The van der Waals surface area contributed by atoms with Crippen LogP contribution in [-0.2, 0) is 4.79 Å². The number of methoxy groups -OCH3 is 1. The molecule has 0 aliphatic heterocycles. The predicted molar refractivity (Wildman–Crippen MR) is 94.3 cm³/mol. The number of phenols is 1. The molecule has 0 saturated heterocycles. The maximum atomic E-state index is 11.7. The first-order chi connectivity index (χ1) is 11.9. The number of hydrazone groups is 1. The van der Waals surface area contributed by atoms with E-state index >= 15 is 0 Å². The fourth-order valence-corrected chi connectivity index (χ4v) is 2.66. The first-order valence-electron chi connectivity index (χ1n) is 6.61. The van der Waals surface area contributed by atoms with Crippen molar-refractivity contribution in [3.05, 3.63) is 43.0 Å². The Labute approximate surface area is 152 Å². The summed E-state index contributed by atoms with van der Waals surface area (Å²) in [5.41, 5.74) is 1.39. The molecule has 0 fully saturated rings. The van der Waals surface area contributed by atoms with Gasteiger partial charge in [-0.2, -0.15) is 10.2 Å². The van der Waals surface area contributed by atoms with Crippen molar-refractivity contribution in [1.29, 1.82) is 0 Å². The zero-order valence-electron chi connectivity index (χ0n) is 12.7. The van der Waals surface area contributed by atoms with Crippen LogP contribution in [0.5, 0.6) is 11.5 Å². The van der Waals surface area contributed by atoms with Crippen molar-refractivity contribution >= 4 is 39.8 Å². The summed E-state index contributed by atoms with van der Waals surface area (Å²) in [7, 11) is 1.43. The maximum absolute atomic E-state index is 11.7. The SMILES string of the molecule is COc1ccc(/C=N/NC(=O)CSc2n[nH]c(=O)[nH]c2=O)c(Br)c1O. The quantitative estimate of drug-likeness (QED) is 0.290. The van der Waals surface area contributed by atoms with Gasteiger partial charge in [0.2, 0.25) is 5.91 Å². The molecular weight excluding hydrogens is 418 g/mol. The van der Waals surface area contributed by atoms with Crippen LogP contribution in [-0.4, -0.2) is 45.3 Å². The molecule has 0 aliphatic rings. The van der Waals surface area contributed by atoms with Crippen LogP contribution in [0.1, 0.15) is 5.56 Å². The predicted octanol–water partition coefficient (Wildman–Crippen LogP) is 0.177. The number of aromatic hydroxyl groups is 1. The van der Waals surface area contributed by atoms with Crippen molar-refractivity contribution in [2.75, 3.05) is 12.9 Å². The molecule has 1 aromatic heterocycles. The molecular formula is C13H12BrN5O5S. The maximum Gasteiger partial charge on any atom is 0.342 e. The molecule has 0 atom stereocenters. The highest BCUT2D eigenvalue weighted by molar-refractivity contribution is 9.10. The van der Waals surface area contributed by atoms with Crippen LogP contribution in [0.4, 0.5) is 0 Å². The van der Waals surface area contributed by atoms with Crippen molar-refractivity contribution < 1.29 is 14.6 Å². The molecule has 2 aromatic rings. The van der Waals surface area contributed by atoms with Gasteiger partial charge in [0, 0.05) is 5.56 Å². The normalized spacial score (nSPS) is 10.8. The Morgan fingerprint density at radius 1 is 1.52 bits per heavy atom. The number of thioether (sulfide) groups is 1. The van der Waals surface area contributed by atoms with E-state index in [-0.39, 0.29) is 16.5 Å². The van der Waals surface area contributed by atoms with E-state index in [4.69, 9.17) is 4.74 Å². The van der Waals surface area contributed by atoms with E-state index in [0.717, 1.165) is 11.8 Å². The smallest absolute Gasteiger partial charge is 0.342 e. The number of hydrogen-bond donors (Lipinski definition) is 4. The second-order valence-electron chi connectivity index (χ2n) is 4.41. The summed E-state index contributed by atoms with van der Waals surface area (Å²) in [5.74, 6) is -0.406. The summed E-state index contributed by atoms with van der Waals surface area (Å²) in [6.07, 6.45) is 1.33. The number of ether oxygens (including phenoxy) is 1. The number of nitrogens with zero attached hydrogens (tertiary/aromatic N) is 2. The van der Waals surface area contributed by atoms with Crippen LogP contribution in [0.25, 0.3) is 0 Å². The van der Waals surface area contributed by atoms with Crippen LogP contribution in [0.15, 0.2) is 36.3 Å². The topological polar surface area (TPSA) is 150 Å². The molecule has 132 valence electrons. The van der Waals surface area contributed by atoms with Gasteiger partial charge in [0.1, 0.15) is 0 Å². The molecule has 1 amide bonds. The minimum Gasteiger partial charge on any atom is -0.503 e. The Bertz CT molecular complexity index is 926. The van der Waals surface area contributed by atoms with Gasteiger partial charge < -0.3 is 9.84 Å². The lowest BCUT2D eigenvalue weighted by atomic mass is 10.2. The van der Waals surface area contributed by atoms with E-state index in [0.29, 0.717) is 15.8 Å². The average Bonchev–Trinajstić information content (AvgIpc) is 2.58. The number of rotatable bonds is 6. The first-order valence-corrected chi connectivity index (χ1v) is 8.39. The molecule has 4 N–H and O–H groups in total. The van der Waals surface area contributed by atoms with Gasteiger partial charge in [0.15, 0.2) is 16.5 Å². The van der Waals surface area contributed by atoms with Gasteiger partial charge in [0.05, 0.1) is 23.5 Å². The Hall–Kier alpha value is -2.60. The summed E-state index contributed by atoms with van der Waals surface area (Å²) in [4.78, 5) is 35.9. The second kappa shape index (κ2) is 8.48. The Balaban J connectivity index is 1.93. The highest BCUT2D eigenvalue weighted by atomic mass is 79.9. The van der Waals surface area contributed by atoms with Crippen molar-refractivity contribution in [1.82, 2.24) is 20.6 Å². The number of aromatic amines is 2. The molecule has 0 spiro atoms. The number of aromatic nitrogens is 3. The third-order valence-electron chi connectivity index (χ3n) is 2.74. The Kier molecular flexibility index (Phi) is 6.36. The molecule has 10 nitrogen and oxygen atoms in total. The van der Waals surface area contributed by atoms with Crippen molar-refractivity contribution in [3.8, 4) is 11.5 Å². The highest BCUT2D eigenvalue weighted by Crippen LogP contribution is 2.35. The van der Waals surface area contributed by atoms with Crippen molar-refractivity contribution in [2.24, 2.45) is 5.10 Å². The van der Waals surface area contributed by atoms with Gasteiger partial charge in [-0.15, -0.1) is 0 Å². The third kappa shape index (κ3) is 4.93. The summed E-state index contributed by atoms with van der Waals surface area (Å²) in [6, 6.07) is 3.18. The zero-order chi connectivity index (χ0) is 18.4. The molecule has 0 unspecified atom stereocenters. The summed E-state index contributed by atoms with van der Waals surface area (Å²) in [5, 5.41) is 19.2. The fraction of sp³-hybridized carbons (Fsp3) is 0.154. The van der Waals surface area contributed by atoms with Crippen LogP contribution in [0.2, 0.25) is 0 Å². The van der Waals surface area contributed by atoms with Gasteiger partial charge in [0.25, 0.3) is 5.56 Å². The minimum atomic E-state index is -0.725. The van der Waals surface area contributed by atoms with Gasteiger partial charge in [-0.3, -0.25) is 14.6 Å². The highest BCUT2D eigenvalue weighted by Gasteiger charge is 2.10. The minimum absolute atomic E-state index is 0.0402. The molecule has 0 radical (unpaired) electrons. The van der Waals surface area contributed by atoms with Crippen LogP contribution in [0.3, 0.4) is 0 Å². The molecule has 2 rings (SSSR count). The van der Waals surface area contributed by atoms with E-state index in [1.54, 1.807) is 12.1 Å². The van der Waals surface area contributed by atoms with Gasteiger partial charge in [-0.05, 0) is 28.1 Å². The van der Waals surface area contributed by atoms with Crippen LogP contribution in [0, 0.1) is 0 Å². The van der Waals surface area contributed by atoms with E-state index < -0.39 is 17.2 Å². The number of halogens is 1. The fourth-order valence-electron chi connectivity index (χ4n) is 1.60. The molecule has 0 saturated carbocycles. The lowest BCUT2D eigenvalue weighted by molar-refractivity contribution is -0.118. The first kappa shape index (κ1) is 18.7. The van der Waals surface area contributed by atoms with Crippen LogP contribution >= 0.6 is 27.7 Å². The second-order valence-corrected chi connectivity index (χ2v) is 6.17. The van der Waals surface area contributed by atoms with E-state index in [1.165, 1.54) is 13.3 Å². The summed E-state index contributed by atoms with van der Waals surface area (Å²) < 4.78 is 5.33.